The number of carbonyl (C=O) groups excluding carboxylic acids is 1. The maximum absolute atomic E-state index is 14.9. The number of likely N-dealkylation sites (tertiary alicyclic amines) is 1. The van der Waals surface area contributed by atoms with Crippen molar-refractivity contribution in [3.05, 3.63) is 35.6 Å². The molecule has 3 N–H and O–H groups in total. The molecule has 3 rings (SSSR count). The van der Waals surface area contributed by atoms with Crippen LogP contribution in [0.25, 0.3) is 0 Å². The van der Waals surface area contributed by atoms with E-state index in [1.54, 1.807) is 25.3 Å². The van der Waals surface area contributed by atoms with Crippen molar-refractivity contribution >= 4 is 6.03 Å². The number of benzene rings is 1. The van der Waals surface area contributed by atoms with Gasteiger partial charge in [0.25, 0.3) is 0 Å². The number of likely N-dealkylation sites (N-methyl/N-ethyl adjacent to an activating group) is 1. The number of methoxy groups -OCH3 is 1. The molecule has 1 saturated carbocycles. The summed E-state index contributed by atoms with van der Waals surface area (Å²) in [6.07, 6.45) is 10.9. The van der Waals surface area contributed by atoms with Gasteiger partial charge in [0.2, 0.25) is 0 Å². The second-order valence-electron chi connectivity index (χ2n) is 10.6. The van der Waals surface area contributed by atoms with Crippen molar-refractivity contribution in [2.45, 2.75) is 82.3 Å². The second kappa shape index (κ2) is 14.1. The Hall–Kier alpha value is -1.70. The van der Waals surface area contributed by atoms with Crippen LogP contribution in [0, 0.1) is 17.7 Å². The van der Waals surface area contributed by atoms with Crippen molar-refractivity contribution in [2.24, 2.45) is 11.8 Å². The highest BCUT2D eigenvalue weighted by Crippen LogP contribution is 2.40. The van der Waals surface area contributed by atoms with Crippen molar-refractivity contribution < 1.29 is 19.0 Å². The van der Waals surface area contributed by atoms with E-state index in [9.17, 15) is 14.3 Å². The monoisotopic (exact) mass is 491 g/mol. The number of halogens is 1. The number of rotatable bonds is 12. The van der Waals surface area contributed by atoms with E-state index in [0.717, 1.165) is 38.6 Å². The summed E-state index contributed by atoms with van der Waals surface area (Å²) in [6.45, 7) is 2.45. The zero-order valence-corrected chi connectivity index (χ0v) is 21.7. The summed E-state index contributed by atoms with van der Waals surface area (Å²) in [5.41, 5.74) is -0.972. The maximum Gasteiger partial charge on any atom is 0.317 e. The van der Waals surface area contributed by atoms with Crippen LogP contribution in [0.3, 0.4) is 0 Å². The number of nitrogens with one attached hydrogen (secondary N) is 2. The summed E-state index contributed by atoms with van der Waals surface area (Å²) in [7, 11) is 3.59. The molecule has 1 aliphatic carbocycles. The van der Waals surface area contributed by atoms with E-state index in [1.165, 1.54) is 38.2 Å². The van der Waals surface area contributed by atoms with Crippen LogP contribution in [0.15, 0.2) is 24.3 Å². The highest BCUT2D eigenvalue weighted by Gasteiger charge is 2.42. The molecule has 1 aliphatic heterocycles. The first-order valence-corrected chi connectivity index (χ1v) is 13.6. The smallest absolute Gasteiger partial charge is 0.317 e. The minimum atomic E-state index is -1.31. The van der Waals surface area contributed by atoms with E-state index in [0.29, 0.717) is 37.6 Å². The van der Waals surface area contributed by atoms with Gasteiger partial charge in [-0.1, -0.05) is 50.3 Å². The van der Waals surface area contributed by atoms with Crippen molar-refractivity contribution in [1.29, 1.82) is 0 Å². The lowest BCUT2D eigenvalue weighted by atomic mass is 9.74. The van der Waals surface area contributed by atoms with E-state index in [1.807, 2.05) is 11.9 Å². The minimum absolute atomic E-state index is 0.0685. The fourth-order valence-electron chi connectivity index (χ4n) is 6.09. The third-order valence-corrected chi connectivity index (χ3v) is 8.00. The fourth-order valence-corrected chi connectivity index (χ4v) is 6.09. The molecule has 2 fully saturated rings. The van der Waals surface area contributed by atoms with Crippen LogP contribution in [-0.2, 0) is 10.3 Å². The molecular formula is C28H46FN3O3. The molecule has 2 amide bonds. The molecule has 1 aromatic carbocycles. The van der Waals surface area contributed by atoms with Gasteiger partial charge >= 0.3 is 6.03 Å². The minimum Gasteiger partial charge on any atom is -0.385 e. The van der Waals surface area contributed by atoms with Gasteiger partial charge < -0.3 is 25.4 Å². The van der Waals surface area contributed by atoms with Gasteiger partial charge in [0, 0.05) is 50.9 Å². The molecule has 1 aromatic rings. The second-order valence-corrected chi connectivity index (χ2v) is 10.6. The molecule has 0 bridgehead atoms. The van der Waals surface area contributed by atoms with Crippen LogP contribution in [0.1, 0.15) is 76.2 Å². The molecule has 3 atom stereocenters. The van der Waals surface area contributed by atoms with Gasteiger partial charge in [-0.05, 0) is 57.6 Å². The lowest BCUT2D eigenvalue weighted by Gasteiger charge is -2.43. The third-order valence-electron chi connectivity index (χ3n) is 8.00. The molecule has 1 unspecified atom stereocenters. The Kier molecular flexibility index (Phi) is 11.3. The average molecular weight is 492 g/mol. The number of urea groups is 1. The first-order valence-electron chi connectivity index (χ1n) is 13.6. The quantitative estimate of drug-likeness (QED) is 0.367. The molecule has 6 nitrogen and oxygen atoms in total. The number of hydrogen-bond donors (Lipinski definition) is 3. The lowest BCUT2D eigenvalue weighted by molar-refractivity contribution is -0.0587. The van der Waals surface area contributed by atoms with Gasteiger partial charge in [-0.15, -0.1) is 0 Å². The van der Waals surface area contributed by atoms with Crippen LogP contribution < -0.4 is 10.6 Å². The number of ether oxygens (including phenoxy) is 1. The van der Waals surface area contributed by atoms with Crippen molar-refractivity contribution in [3.8, 4) is 0 Å². The number of amides is 2. The van der Waals surface area contributed by atoms with Gasteiger partial charge in [0.05, 0.1) is 5.60 Å². The number of carbonyl (C=O) groups is 1. The molecule has 0 radical (unpaired) electrons. The third kappa shape index (κ3) is 7.89. The maximum atomic E-state index is 14.9. The number of piperidine rings is 1. The van der Waals surface area contributed by atoms with Crippen LogP contribution in [0.4, 0.5) is 9.18 Å². The van der Waals surface area contributed by atoms with Gasteiger partial charge in [-0.25, -0.2) is 9.18 Å². The van der Waals surface area contributed by atoms with Crippen LogP contribution >= 0.6 is 0 Å². The normalized spacial score (nSPS) is 21.9. The molecule has 1 saturated heterocycles. The predicted octanol–water partition coefficient (Wildman–Crippen LogP) is 4.81. The Morgan fingerprint density at radius 3 is 2.69 bits per heavy atom. The summed E-state index contributed by atoms with van der Waals surface area (Å²) in [5.74, 6) is 0.0715. The topological polar surface area (TPSA) is 73.8 Å². The number of nitrogens with zero attached hydrogens (tertiary/aromatic N) is 1. The van der Waals surface area contributed by atoms with Crippen LogP contribution in [-0.4, -0.2) is 62.5 Å². The van der Waals surface area contributed by atoms with Gasteiger partial charge in [0.1, 0.15) is 5.82 Å². The Labute approximate surface area is 211 Å². The molecular weight excluding hydrogens is 445 g/mol. The molecule has 7 heteroatoms. The molecule has 35 heavy (non-hydrogen) atoms. The number of aliphatic hydroxyl groups is 1. The Morgan fingerprint density at radius 2 is 1.97 bits per heavy atom. The van der Waals surface area contributed by atoms with E-state index in [2.05, 4.69) is 10.6 Å². The van der Waals surface area contributed by atoms with E-state index >= 15 is 0 Å². The van der Waals surface area contributed by atoms with E-state index in [4.69, 9.17) is 4.74 Å². The lowest BCUT2D eigenvalue weighted by Crippen LogP contribution is -2.54. The summed E-state index contributed by atoms with van der Waals surface area (Å²) in [5, 5.41) is 18.4. The SMILES string of the molecule is CNCC(CC1CCCCC1)NC(=O)N1CCC[C@@H]([C@@](O)(CCCCOC)c2ccccc2F)C1. The van der Waals surface area contributed by atoms with Gasteiger partial charge in [-0.2, -0.15) is 0 Å². The molecule has 0 spiro atoms. The predicted molar refractivity (Wildman–Crippen MR) is 138 cm³/mol. The number of hydrogen-bond acceptors (Lipinski definition) is 4. The fraction of sp³-hybridized carbons (Fsp3) is 0.750. The first kappa shape index (κ1) is 27.9. The van der Waals surface area contributed by atoms with Crippen molar-refractivity contribution in [3.63, 3.8) is 0 Å². The van der Waals surface area contributed by atoms with E-state index in [-0.39, 0.29) is 23.8 Å². The Bertz CT molecular complexity index is 774. The zero-order chi connectivity index (χ0) is 25.1. The van der Waals surface area contributed by atoms with Gasteiger partial charge in [0.15, 0.2) is 0 Å². The molecule has 198 valence electrons. The molecule has 1 heterocycles. The van der Waals surface area contributed by atoms with Crippen LogP contribution in [0.2, 0.25) is 0 Å². The Morgan fingerprint density at radius 1 is 1.20 bits per heavy atom. The average Bonchev–Trinajstić information content (AvgIpc) is 2.87. The summed E-state index contributed by atoms with van der Waals surface area (Å²) < 4.78 is 20.0. The summed E-state index contributed by atoms with van der Waals surface area (Å²) in [6, 6.07) is 6.56. The first-order chi connectivity index (χ1) is 17.0. The highest BCUT2D eigenvalue weighted by molar-refractivity contribution is 5.74. The molecule has 0 aromatic heterocycles. The Balaban J connectivity index is 1.68. The highest BCUT2D eigenvalue weighted by atomic mass is 19.1. The van der Waals surface area contributed by atoms with Crippen molar-refractivity contribution in [1.82, 2.24) is 15.5 Å². The largest absolute Gasteiger partial charge is 0.385 e. The summed E-state index contributed by atoms with van der Waals surface area (Å²) >= 11 is 0. The van der Waals surface area contributed by atoms with E-state index < -0.39 is 5.60 Å². The van der Waals surface area contributed by atoms with Gasteiger partial charge in [-0.3, -0.25) is 0 Å². The number of unbranched alkanes of at least 4 members (excludes halogenated alkanes) is 1. The van der Waals surface area contributed by atoms with Crippen LogP contribution in [0.5, 0.6) is 0 Å². The standard InChI is InChI=1S/C28H46FN3O3/c1-30-20-24(19-22-11-4-3-5-12-22)31-27(33)32-17-10-13-23(21-32)28(34,16-8-9-18-35-2)25-14-6-7-15-26(25)29/h6-7,14-15,22-24,30,34H,3-5,8-13,16-21H2,1-2H3,(H,31,33)/t23-,24?,28+/m1/s1. The molecule has 2 aliphatic rings. The zero-order valence-electron chi connectivity index (χ0n) is 21.7. The van der Waals surface area contributed by atoms with Crippen molar-refractivity contribution in [2.75, 3.05) is 40.4 Å². The summed E-state index contributed by atoms with van der Waals surface area (Å²) in [4.78, 5) is 15.1.